The van der Waals surface area contributed by atoms with Gasteiger partial charge in [-0.1, -0.05) is 41.9 Å². The van der Waals surface area contributed by atoms with Gasteiger partial charge in [-0.25, -0.2) is 22.2 Å². The third kappa shape index (κ3) is 4.39. The molecule has 4 nitrogen and oxygen atoms in total. The predicted octanol–water partition coefficient (Wildman–Crippen LogP) is 6.70. The lowest BCUT2D eigenvalue weighted by Crippen LogP contribution is -2.34. The number of benzene rings is 3. The predicted molar refractivity (Wildman–Crippen MR) is 123 cm³/mol. The number of sulfonamides is 1. The summed E-state index contributed by atoms with van der Waals surface area (Å²) in [6, 6.07) is 16.8. The number of thiazole rings is 1. The monoisotopic (exact) mass is 490 g/mol. The summed E-state index contributed by atoms with van der Waals surface area (Å²) in [4.78, 5) is 5.12. The van der Waals surface area contributed by atoms with Crippen LogP contribution in [-0.4, -0.2) is 13.4 Å². The highest BCUT2D eigenvalue weighted by Gasteiger charge is 2.34. The molecule has 4 rings (SSSR count). The summed E-state index contributed by atoms with van der Waals surface area (Å²) in [5.74, 6) is -1.62. The number of rotatable bonds is 6. The van der Waals surface area contributed by atoms with Gasteiger partial charge in [0.1, 0.15) is 16.6 Å². The lowest BCUT2D eigenvalue weighted by atomic mass is 10.2. The Balaban J connectivity index is 1.83. The van der Waals surface area contributed by atoms with Crippen LogP contribution in [0.15, 0.2) is 83.9 Å². The van der Waals surface area contributed by atoms with Crippen LogP contribution in [0.2, 0.25) is 5.02 Å². The van der Waals surface area contributed by atoms with Crippen LogP contribution in [0.1, 0.15) is 18.0 Å². The van der Waals surface area contributed by atoms with Gasteiger partial charge >= 0.3 is 0 Å². The highest BCUT2D eigenvalue weighted by Crippen LogP contribution is 2.38. The molecule has 0 saturated carbocycles. The fourth-order valence-electron chi connectivity index (χ4n) is 3.24. The minimum Gasteiger partial charge on any atom is -0.254 e. The zero-order chi connectivity index (χ0) is 22.9. The first-order valence-corrected chi connectivity index (χ1v) is 12.2. The highest BCUT2D eigenvalue weighted by molar-refractivity contribution is 7.92. The van der Waals surface area contributed by atoms with Crippen LogP contribution >= 0.6 is 22.9 Å². The second-order valence-electron chi connectivity index (χ2n) is 6.96. The van der Waals surface area contributed by atoms with E-state index < -0.39 is 33.4 Å². The number of hydrogen-bond donors (Lipinski definition) is 0. The summed E-state index contributed by atoms with van der Waals surface area (Å²) in [5, 5.41) is 0.790. The average molecular weight is 491 g/mol. The minimum atomic E-state index is -4.28. The lowest BCUT2D eigenvalue weighted by Gasteiger charge is -2.29. The summed E-state index contributed by atoms with van der Waals surface area (Å²) in [6.45, 7) is 1.59. The van der Waals surface area contributed by atoms with E-state index in [-0.39, 0.29) is 4.90 Å². The maximum absolute atomic E-state index is 14.8. The van der Waals surface area contributed by atoms with Crippen LogP contribution in [0, 0.1) is 11.6 Å². The van der Waals surface area contributed by atoms with E-state index in [0.717, 1.165) is 32.9 Å². The summed E-state index contributed by atoms with van der Waals surface area (Å²) in [7, 11) is -4.28. The number of anilines is 1. The molecule has 0 spiro atoms. The van der Waals surface area contributed by atoms with Crippen LogP contribution in [0.4, 0.5) is 14.5 Å². The molecule has 9 heteroatoms. The van der Waals surface area contributed by atoms with E-state index in [9.17, 15) is 17.2 Å². The van der Waals surface area contributed by atoms with Gasteiger partial charge in [-0.3, -0.25) is 4.31 Å². The molecule has 0 fully saturated rings. The summed E-state index contributed by atoms with van der Waals surface area (Å²) in [6.07, 6.45) is 1.64. The Labute approximate surface area is 193 Å². The van der Waals surface area contributed by atoms with Crippen molar-refractivity contribution in [2.24, 2.45) is 0 Å². The van der Waals surface area contributed by atoms with E-state index in [1.165, 1.54) is 35.6 Å². The molecule has 4 aromatic rings. The summed E-state index contributed by atoms with van der Waals surface area (Å²) >= 11 is 7.18. The lowest BCUT2D eigenvalue weighted by molar-refractivity contribution is 0.570. The fraction of sp³-hybridized carbons (Fsp3) is 0.0870. The van der Waals surface area contributed by atoms with E-state index in [4.69, 9.17) is 11.6 Å². The smallest absolute Gasteiger partial charge is 0.254 e. The molecule has 0 aliphatic carbocycles. The second-order valence-corrected chi connectivity index (χ2v) is 10.3. The van der Waals surface area contributed by atoms with E-state index in [1.54, 1.807) is 13.1 Å². The second kappa shape index (κ2) is 8.97. The average Bonchev–Trinajstić information content (AvgIpc) is 3.27. The molecule has 3 aromatic carbocycles. The van der Waals surface area contributed by atoms with E-state index in [0.29, 0.717) is 10.0 Å². The molecule has 0 bridgehead atoms. The van der Waals surface area contributed by atoms with E-state index in [2.05, 4.69) is 4.98 Å². The molecule has 1 atom stereocenters. The van der Waals surface area contributed by atoms with Crippen molar-refractivity contribution in [3.63, 3.8) is 0 Å². The first-order valence-electron chi connectivity index (χ1n) is 9.53. The number of nitrogens with zero attached hydrogens (tertiary/aromatic N) is 2. The minimum absolute atomic E-state index is 0.0998. The van der Waals surface area contributed by atoms with Crippen LogP contribution in [0.5, 0.6) is 0 Å². The molecule has 1 heterocycles. The Hall–Kier alpha value is -2.81. The molecule has 0 aliphatic rings. The maximum atomic E-state index is 14.8. The van der Waals surface area contributed by atoms with Gasteiger partial charge in [0.25, 0.3) is 10.0 Å². The zero-order valence-electron chi connectivity index (χ0n) is 16.7. The topological polar surface area (TPSA) is 50.3 Å². The van der Waals surface area contributed by atoms with Crippen molar-refractivity contribution < 1.29 is 17.2 Å². The van der Waals surface area contributed by atoms with Gasteiger partial charge in [-0.2, -0.15) is 0 Å². The summed E-state index contributed by atoms with van der Waals surface area (Å²) in [5.41, 5.74) is 0.524. The molecular formula is C23H17ClF2N2O2S2. The normalized spacial score (nSPS) is 12.5. The molecule has 0 aliphatic heterocycles. The van der Waals surface area contributed by atoms with Crippen molar-refractivity contribution in [2.45, 2.75) is 17.9 Å². The summed E-state index contributed by atoms with van der Waals surface area (Å²) < 4.78 is 56.8. The molecule has 0 N–H and O–H groups in total. The molecule has 32 heavy (non-hydrogen) atoms. The highest BCUT2D eigenvalue weighted by atomic mass is 35.5. The first-order chi connectivity index (χ1) is 15.3. The number of halogens is 3. The number of aromatic nitrogens is 1. The third-order valence-corrected chi connectivity index (χ3v) is 8.17. The van der Waals surface area contributed by atoms with Gasteiger partial charge < -0.3 is 0 Å². The van der Waals surface area contributed by atoms with E-state index in [1.807, 2.05) is 30.3 Å². The molecule has 0 radical (unpaired) electrons. The van der Waals surface area contributed by atoms with Crippen LogP contribution in [0.3, 0.4) is 0 Å². The largest absolute Gasteiger partial charge is 0.265 e. The third-order valence-electron chi connectivity index (χ3n) is 4.81. The molecule has 164 valence electrons. The molecule has 1 aromatic heterocycles. The SMILES string of the molecule is CC(c1ncc(-c2ccccc2)s1)N(c1cc(F)ccc1F)S(=O)(=O)c1ccc(Cl)cc1. The Morgan fingerprint density at radius 1 is 1.00 bits per heavy atom. The zero-order valence-corrected chi connectivity index (χ0v) is 19.1. The standard InChI is InChI=1S/C23H17ClF2N2O2S2/c1-15(23-27-14-22(31-23)16-5-3-2-4-6-16)28(21-13-18(25)9-12-20(21)26)32(29,30)19-10-7-17(24)8-11-19/h2-15H,1H3. The first kappa shape index (κ1) is 22.4. The van der Waals surface area contributed by atoms with Gasteiger partial charge in [-0.05, 0) is 48.9 Å². The Morgan fingerprint density at radius 2 is 1.69 bits per heavy atom. The maximum Gasteiger partial charge on any atom is 0.265 e. The quantitative estimate of drug-likeness (QED) is 0.302. The van der Waals surface area contributed by atoms with E-state index >= 15 is 0 Å². The molecule has 0 saturated heterocycles. The Bertz CT molecular complexity index is 1340. The van der Waals surface area contributed by atoms with Crippen molar-refractivity contribution in [2.75, 3.05) is 4.31 Å². The van der Waals surface area contributed by atoms with Crippen LogP contribution in [-0.2, 0) is 10.0 Å². The number of hydrogen-bond acceptors (Lipinski definition) is 4. The van der Waals surface area contributed by atoms with Crippen molar-refractivity contribution in [1.82, 2.24) is 4.98 Å². The van der Waals surface area contributed by atoms with Gasteiger partial charge in [0, 0.05) is 17.3 Å². The van der Waals surface area contributed by atoms with Crippen LogP contribution in [0.25, 0.3) is 10.4 Å². The Kier molecular flexibility index (Phi) is 6.28. The van der Waals surface area contributed by atoms with Gasteiger partial charge in [0.2, 0.25) is 0 Å². The van der Waals surface area contributed by atoms with Gasteiger partial charge in [-0.15, -0.1) is 11.3 Å². The van der Waals surface area contributed by atoms with Gasteiger partial charge in [0.15, 0.2) is 0 Å². The van der Waals surface area contributed by atoms with Gasteiger partial charge in [0.05, 0.1) is 21.5 Å². The van der Waals surface area contributed by atoms with Crippen molar-refractivity contribution in [1.29, 1.82) is 0 Å². The van der Waals surface area contributed by atoms with Crippen molar-refractivity contribution in [3.8, 4) is 10.4 Å². The fourth-order valence-corrected chi connectivity index (χ4v) is 6.02. The Morgan fingerprint density at radius 3 is 2.38 bits per heavy atom. The molecular weight excluding hydrogens is 474 g/mol. The van der Waals surface area contributed by atoms with Crippen LogP contribution < -0.4 is 4.31 Å². The molecule has 1 unspecified atom stereocenters. The van der Waals surface area contributed by atoms with Crippen molar-refractivity contribution in [3.05, 3.63) is 101 Å². The van der Waals surface area contributed by atoms with Crippen molar-refractivity contribution >= 4 is 38.6 Å². The molecule has 0 amide bonds.